The minimum atomic E-state index is -3.81. The topological polar surface area (TPSA) is 75.1 Å². The molecule has 2 N–H and O–H groups in total. The molecule has 124 valence electrons. The summed E-state index contributed by atoms with van der Waals surface area (Å²) in [4.78, 5) is 19.3. The predicted octanol–water partition coefficient (Wildman–Crippen LogP) is 2.63. The Balaban J connectivity index is 1.67. The van der Waals surface area contributed by atoms with Crippen LogP contribution in [0.2, 0.25) is 0 Å². The maximum atomic E-state index is 14.0. The number of rotatable bonds is 5. The second-order valence-corrected chi connectivity index (χ2v) is 6.19. The first-order valence-corrected chi connectivity index (χ1v) is 7.89. The summed E-state index contributed by atoms with van der Waals surface area (Å²) in [6.45, 7) is -0.318. The van der Waals surface area contributed by atoms with Crippen LogP contribution in [0.25, 0.3) is 10.1 Å². The molecule has 2 aromatic heterocycles. The normalized spacial score (nSPS) is 13.0. The van der Waals surface area contributed by atoms with Crippen LogP contribution < -0.4 is 5.32 Å². The second-order valence-electron chi connectivity index (χ2n) is 5.08. The van der Waals surface area contributed by atoms with Crippen LogP contribution in [-0.2, 0) is 10.7 Å². The number of hydrogen-bond donors (Lipinski definition) is 2. The van der Waals surface area contributed by atoms with Gasteiger partial charge in [0.25, 0.3) is 5.91 Å². The fourth-order valence-electron chi connectivity index (χ4n) is 2.15. The number of nitrogens with one attached hydrogen (secondary N) is 1. The number of aromatic nitrogens is 2. The second kappa shape index (κ2) is 6.58. The molecule has 0 radical (unpaired) electrons. The number of nitrogens with zero attached hydrogens (tertiary/aromatic N) is 2. The lowest BCUT2D eigenvalue weighted by atomic mass is 10.2. The minimum absolute atomic E-state index is 0.318. The van der Waals surface area contributed by atoms with E-state index in [9.17, 15) is 18.7 Å². The average Bonchev–Trinajstić information content (AvgIpc) is 3.04. The van der Waals surface area contributed by atoms with Crippen LogP contribution in [0, 0.1) is 0 Å². The van der Waals surface area contributed by atoms with Gasteiger partial charge in [0.05, 0.1) is 6.20 Å². The third kappa shape index (κ3) is 3.24. The van der Waals surface area contributed by atoms with Crippen LogP contribution in [0.1, 0.15) is 16.7 Å². The summed E-state index contributed by atoms with van der Waals surface area (Å²) < 4.78 is 28.9. The summed E-state index contributed by atoms with van der Waals surface area (Å²) in [5, 5.41) is 13.1. The fraction of sp³-hybridized carbons (Fsp3) is 0.188. The van der Waals surface area contributed by atoms with Crippen molar-refractivity contribution in [1.29, 1.82) is 0 Å². The lowest BCUT2D eigenvalue weighted by molar-refractivity contribution is -0.148. The van der Waals surface area contributed by atoms with Crippen LogP contribution in [0.15, 0.2) is 48.9 Å². The Morgan fingerprint density at radius 2 is 2.12 bits per heavy atom. The Morgan fingerprint density at radius 3 is 2.83 bits per heavy atom. The molecule has 0 aliphatic heterocycles. The van der Waals surface area contributed by atoms with Gasteiger partial charge in [0, 0.05) is 28.5 Å². The van der Waals surface area contributed by atoms with Gasteiger partial charge in [-0.1, -0.05) is 18.2 Å². The number of halogens is 2. The van der Waals surface area contributed by atoms with Crippen molar-refractivity contribution < 1.29 is 18.7 Å². The molecule has 3 rings (SSSR count). The van der Waals surface area contributed by atoms with Crippen LogP contribution >= 0.6 is 11.3 Å². The van der Waals surface area contributed by atoms with Crippen LogP contribution in [-0.4, -0.2) is 27.5 Å². The number of alkyl halides is 2. The van der Waals surface area contributed by atoms with Gasteiger partial charge in [-0.15, -0.1) is 11.3 Å². The van der Waals surface area contributed by atoms with E-state index in [1.165, 1.54) is 17.5 Å². The molecule has 1 atom stereocenters. The number of carbonyl (C=O) groups is 1. The van der Waals surface area contributed by atoms with Gasteiger partial charge >= 0.3 is 5.92 Å². The summed E-state index contributed by atoms with van der Waals surface area (Å²) >= 11 is 1.35. The molecular formula is C16H13F2N3O2S. The number of fused-ring (bicyclic) bond motifs is 1. The molecule has 0 saturated heterocycles. The minimum Gasteiger partial charge on any atom is -0.386 e. The van der Waals surface area contributed by atoms with Gasteiger partial charge in [0.1, 0.15) is 11.8 Å². The molecule has 1 unspecified atom stereocenters. The molecule has 0 aliphatic carbocycles. The van der Waals surface area contributed by atoms with Gasteiger partial charge in [0.2, 0.25) is 0 Å². The van der Waals surface area contributed by atoms with Crippen molar-refractivity contribution in [2.75, 3.05) is 6.54 Å². The van der Waals surface area contributed by atoms with Gasteiger partial charge in [-0.3, -0.25) is 14.8 Å². The monoisotopic (exact) mass is 349 g/mol. The number of thiophene rings is 1. The van der Waals surface area contributed by atoms with Crippen molar-refractivity contribution in [2.45, 2.75) is 12.0 Å². The van der Waals surface area contributed by atoms with Crippen molar-refractivity contribution in [1.82, 2.24) is 15.3 Å². The smallest absolute Gasteiger partial charge is 0.367 e. The molecule has 24 heavy (non-hydrogen) atoms. The lowest BCUT2D eigenvalue weighted by Crippen LogP contribution is -2.40. The summed E-state index contributed by atoms with van der Waals surface area (Å²) in [5.41, 5.74) is -0.737. The third-order valence-corrected chi connectivity index (χ3v) is 4.62. The van der Waals surface area contributed by atoms with Gasteiger partial charge in [-0.05, 0) is 17.5 Å². The summed E-state index contributed by atoms with van der Waals surface area (Å²) in [5.74, 6) is -5.34. The van der Waals surface area contributed by atoms with Crippen LogP contribution in [0.3, 0.4) is 0 Å². The Bertz CT molecular complexity index is 822. The zero-order chi connectivity index (χ0) is 17.2. The van der Waals surface area contributed by atoms with E-state index in [-0.39, 0.29) is 6.54 Å². The maximum absolute atomic E-state index is 14.0. The van der Waals surface area contributed by atoms with Crippen molar-refractivity contribution >= 4 is 27.3 Å². The van der Waals surface area contributed by atoms with E-state index in [1.54, 1.807) is 6.07 Å². The molecule has 0 aliphatic rings. The molecule has 2 heterocycles. The molecule has 0 bridgehead atoms. The van der Waals surface area contributed by atoms with E-state index in [1.807, 2.05) is 24.3 Å². The van der Waals surface area contributed by atoms with Crippen molar-refractivity contribution in [2.24, 2.45) is 0 Å². The summed E-state index contributed by atoms with van der Waals surface area (Å²) in [6.07, 6.45) is 2.09. The van der Waals surface area contributed by atoms with Crippen molar-refractivity contribution in [3.63, 3.8) is 0 Å². The quantitative estimate of drug-likeness (QED) is 0.743. The highest BCUT2D eigenvalue weighted by molar-refractivity contribution is 7.19. The average molecular weight is 349 g/mol. The first kappa shape index (κ1) is 16.4. The highest BCUT2D eigenvalue weighted by atomic mass is 32.1. The predicted molar refractivity (Wildman–Crippen MR) is 85.7 cm³/mol. The van der Waals surface area contributed by atoms with Crippen LogP contribution in [0.4, 0.5) is 8.78 Å². The number of amides is 1. The van der Waals surface area contributed by atoms with Gasteiger partial charge < -0.3 is 10.4 Å². The number of aliphatic hydroxyl groups is 1. The fourth-order valence-corrected chi connectivity index (χ4v) is 3.20. The van der Waals surface area contributed by atoms with E-state index >= 15 is 0 Å². The van der Waals surface area contributed by atoms with E-state index in [0.717, 1.165) is 22.5 Å². The number of hydrogen-bond acceptors (Lipinski definition) is 5. The van der Waals surface area contributed by atoms with E-state index < -0.39 is 23.6 Å². The largest absolute Gasteiger partial charge is 0.386 e. The van der Waals surface area contributed by atoms with E-state index in [4.69, 9.17) is 0 Å². The molecule has 0 spiro atoms. The van der Waals surface area contributed by atoms with Gasteiger partial charge in [-0.2, -0.15) is 8.78 Å². The van der Waals surface area contributed by atoms with E-state index in [0.29, 0.717) is 4.88 Å². The lowest BCUT2D eigenvalue weighted by Gasteiger charge is -2.16. The molecule has 5 nitrogen and oxygen atoms in total. The molecule has 1 amide bonds. The third-order valence-electron chi connectivity index (χ3n) is 3.40. The van der Waals surface area contributed by atoms with Crippen molar-refractivity contribution in [3.8, 4) is 0 Å². The zero-order valence-corrected chi connectivity index (χ0v) is 13.1. The van der Waals surface area contributed by atoms with Crippen LogP contribution in [0.5, 0.6) is 0 Å². The highest BCUT2D eigenvalue weighted by Gasteiger charge is 2.42. The Hall–Kier alpha value is -2.45. The molecule has 0 fully saturated rings. The van der Waals surface area contributed by atoms with Gasteiger partial charge in [-0.25, -0.2) is 0 Å². The number of benzene rings is 1. The van der Waals surface area contributed by atoms with Gasteiger partial charge in [0.15, 0.2) is 0 Å². The number of aliphatic hydroxyl groups excluding tert-OH is 1. The molecular weight excluding hydrogens is 336 g/mol. The molecule has 8 heteroatoms. The van der Waals surface area contributed by atoms with E-state index in [2.05, 4.69) is 15.3 Å². The first-order valence-electron chi connectivity index (χ1n) is 7.07. The Morgan fingerprint density at radius 1 is 1.33 bits per heavy atom. The molecule has 1 aromatic carbocycles. The zero-order valence-electron chi connectivity index (χ0n) is 12.3. The summed E-state index contributed by atoms with van der Waals surface area (Å²) in [6, 6.07) is 9.31. The Labute approximate surface area is 140 Å². The maximum Gasteiger partial charge on any atom is 0.367 e. The highest BCUT2D eigenvalue weighted by Crippen LogP contribution is 2.30. The SMILES string of the molecule is O=C(NCC(O)c1cc2ccccc2s1)C(F)(F)c1cnccn1. The summed E-state index contributed by atoms with van der Waals surface area (Å²) in [7, 11) is 0. The standard InChI is InChI=1S/C16H13F2N3O2S/c17-16(18,14-9-19-5-6-20-14)15(23)21-8-11(22)13-7-10-3-1-2-4-12(10)24-13/h1-7,9,11,22H,8H2,(H,21,23). The van der Waals surface area contributed by atoms with Crippen molar-refractivity contribution in [3.05, 3.63) is 59.5 Å². The first-order chi connectivity index (χ1) is 11.5. The Kier molecular flexibility index (Phi) is 4.50. The number of carbonyl (C=O) groups excluding carboxylic acids is 1. The molecule has 0 saturated carbocycles. The molecule has 3 aromatic rings.